The van der Waals surface area contributed by atoms with Crippen LogP contribution >= 0.6 is 11.3 Å². The molecule has 5 nitrogen and oxygen atoms in total. The van der Waals surface area contributed by atoms with Crippen molar-refractivity contribution in [1.29, 1.82) is 0 Å². The zero-order valence-corrected chi connectivity index (χ0v) is 19.4. The predicted octanol–water partition coefficient (Wildman–Crippen LogP) is 5.66. The molecule has 1 N–H and O–H groups in total. The molecule has 0 radical (unpaired) electrons. The van der Waals surface area contributed by atoms with E-state index in [0.29, 0.717) is 12.6 Å². The number of nitrogens with zero attached hydrogens (tertiary/aromatic N) is 3. The monoisotopic (exact) mass is 424 g/mol. The first-order chi connectivity index (χ1) is 14.4. The number of amides is 1. The maximum atomic E-state index is 13.2. The zero-order chi connectivity index (χ0) is 21.7. The number of anilines is 1. The second-order valence-electron chi connectivity index (χ2n) is 8.02. The Kier molecular flexibility index (Phi) is 7.32. The van der Waals surface area contributed by atoms with Crippen LogP contribution in [-0.2, 0) is 6.54 Å². The zero-order valence-electron chi connectivity index (χ0n) is 18.6. The Hall–Kier alpha value is -2.60. The van der Waals surface area contributed by atoms with Crippen LogP contribution in [0.15, 0.2) is 41.8 Å². The van der Waals surface area contributed by atoms with Crippen molar-refractivity contribution in [2.24, 2.45) is 0 Å². The Morgan fingerprint density at radius 3 is 2.67 bits per heavy atom. The summed E-state index contributed by atoms with van der Waals surface area (Å²) in [5.74, 6) is 0.0739. The van der Waals surface area contributed by atoms with Crippen LogP contribution in [-0.4, -0.2) is 40.0 Å². The van der Waals surface area contributed by atoms with E-state index in [2.05, 4.69) is 48.2 Å². The average Bonchev–Trinajstić information content (AvgIpc) is 3.31. The molecule has 0 saturated carbocycles. The third-order valence-electron chi connectivity index (χ3n) is 5.15. The van der Waals surface area contributed by atoms with Gasteiger partial charge in [-0.2, -0.15) is 0 Å². The van der Waals surface area contributed by atoms with E-state index < -0.39 is 0 Å². The number of benzene rings is 1. The van der Waals surface area contributed by atoms with Gasteiger partial charge in [0, 0.05) is 37.3 Å². The van der Waals surface area contributed by atoms with E-state index in [9.17, 15) is 4.79 Å². The fourth-order valence-corrected chi connectivity index (χ4v) is 4.30. The maximum Gasteiger partial charge on any atom is 0.255 e. The first-order valence-corrected chi connectivity index (χ1v) is 11.5. The molecule has 0 fully saturated rings. The van der Waals surface area contributed by atoms with E-state index >= 15 is 0 Å². The van der Waals surface area contributed by atoms with E-state index in [4.69, 9.17) is 4.98 Å². The van der Waals surface area contributed by atoms with Crippen LogP contribution in [0.3, 0.4) is 0 Å². The van der Waals surface area contributed by atoms with Gasteiger partial charge in [-0.1, -0.05) is 43.7 Å². The van der Waals surface area contributed by atoms with E-state index in [-0.39, 0.29) is 5.91 Å². The number of thiazole rings is 1. The number of rotatable bonds is 9. The van der Waals surface area contributed by atoms with Crippen molar-refractivity contribution in [3.05, 3.63) is 58.6 Å². The van der Waals surface area contributed by atoms with Gasteiger partial charge in [0.2, 0.25) is 0 Å². The van der Waals surface area contributed by atoms with Crippen molar-refractivity contribution in [3.8, 4) is 11.4 Å². The molecule has 0 saturated heterocycles. The summed E-state index contributed by atoms with van der Waals surface area (Å²) in [5.41, 5.74) is 4.82. The van der Waals surface area contributed by atoms with Crippen LogP contribution in [0.2, 0.25) is 0 Å². The maximum absolute atomic E-state index is 13.2. The van der Waals surface area contributed by atoms with Gasteiger partial charge in [0.15, 0.2) is 5.13 Å². The van der Waals surface area contributed by atoms with E-state index in [0.717, 1.165) is 47.2 Å². The molecule has 1 aromatic carbocycles. The van der Waals surface area contributed by atoms with Gasteiger partial charge in [-0.3, -0.25) is 4.79 Å². The molecule has 160 valence electrons. The Labute approximate surface area is 183 Å². The molecule has 3 aromatic rings. The summed E-state index contributed by atoms with van der Waals surface area (Å²) in [4.78, 5) is 19.8. The fraction of sp³-hybridized carbons (Fsp3) is 0.417. The molecule has 1 amide bonds. The number of carbonyl (C=O) groups is 1. The van der Waals surface area contributed by atoms with Crippen molar-refractivity contribution in [3.63, 3.8) is 0 Å². The minimum absolute atomic E-state index is 0.0739. The normalized spacial score (nSPS) is 11.1. The number of carbonyl (C=O) groups excluding carboxylic acids is 1. The molecule has 0 aliphatic heterocycles. The number of unbranched alkanes of at least 4 members (excludes halogenated alkanes) is 1. The molecule has 3 rings (SSSR count). The second kappa shape index (κ2) is 9.94. The van der Waals surface area contributed by atoms with Crippen LogP contribution in [0.4, 0.5) is 5.13 Å². The van der Waals surface area contributed by atoms with E-state index in [1.807, 2.05) is 43.1 Å². The predicted molar refractivity (Wildman–Crippen MR) is 126 cm³/mol. The Morgan fingerprint density at radius 1 is 1.27 bits per heavy atom. The van der Waals surface area contributed by atoms with E-state index in [1.54, 1.807) is 11.3 Å². The highest BCUT2D eigenvalue weighted by atomic mass is 32.1. The van der Waals surface area contributed by atoms with Crippen LogP contribution < -0.4 is 5.32 Å². The molecule has 2 heterocycles. The summed E-state index contributed by atoms with van der Waals surface area (Å²) in [7, 11) is 1.89. The lowest BCUT2D eigenvalue weighted by Gasteiger charge is -2.17. The molecular weight excluding hydrogens is 392 g/mol. The minimum atomic E-state index is 0.0739. The molecule has 2 aromatic heterocycles. The second-order valence-corrected chi connectivity index (χ2v) is 8.88. The van der Waals surface area contributed by atoms with Crippen molar-refractivity contribution < 1.29 is 4.79 Å². The molecule has 0 atom stereocenters. The first-order valence-electron chi connectivity index (χ1n) is 10.6. The largest absolute Gasteiger partial charge is 0.359 e. The minimum Gasteiger partial charge on any atom is -0.359 e. The molecule has 30 heavy (non-hydrogen) atoms. The number of aromatic nitrogens is 2. The van der Waals surface area contributed by atoms with Gasteiger partial charge >= 0.3 is 0 Å². The Morgan fingerprint density at radius 2 is 2.00 bits per heavy atom. The van der Waals surface area contributed by atoms with Crippen molar-refractivity contribution >= 4 is 22.4 Å². The van der Waals surface area contributed by atoms with Gasteiger partial charge in [-0.15, -0.1) is 11.3 Å². The topological polar surface area (TPSA) is 50.2 Å². The van der Waals surface area contributed by atoms with Gasteiger partial charge in [0.1, 0.15) is 0 Å². The lowest BCUT2D eigenvalue weighted by Crippen LogP contribution is -2.28. The summed E-state index contributed by atoms with van der Waals surface area (Å²) in [6, 6.07) is 12.7. The highest BCUT2D eigenvalue weighted by Crippen LogP contribution is 2.30. The van der Waals surface area contributed by atoms with Gasteiger partial charge < -0.3 is 14.8 Å². The standard InChI is InChI=1S/C24H32N4OS/c1-6-7-13-27(5)23(29)20-14-22(21-16-30-24(26-21)25-17(2)3)28(18(20)4)15-19-11-9-8-10-12-19/h8-12,14,16-17H,6-7,13,15H2,1-5H3,(H,25,26). The molecule has 0 spiro atoms. The van der Waals surface area contributed by atoms with Gasteiger partial charge in [-0.25, -0.2) is 4.98 Å². The molecule has 0 aliphatic carbocycles. The van der Waals surface area contributed by atoms with Gasteiger partial charge in [-0.05, 0) is 38.8 Å². The summed E-state index contributed by atoms with van der Waals surface area (Å²) in [6.45, 7) is 9.86. The number of nitrogens with one attached hydrogen (secondary N) is 1. The van der Waals surface area contributed by atoms with E-state index in [1.165, 1.54) is 5.56 Å². The van der Waals surface area contributed by atoms with Crippen LogP contribution in [0, 0.1) is 6.92 Å². The highest BCUT2D eigenvalue weighted by molar-refractivity contribution is 7.14. The lowest BCUT2D eigenvalue weighted by molar-refractivity contribution is 0.0792. The fourth-order valence-electron chi connectivity index (χ4n) is 3.45. The molecule has 0 bridgehead atoms. The van der Waals surface area contributed by atoms with Crippen LogP contribution in [0.25, 0.3) is 11.4 Å². The summed E-state index contributed by atoms with van der Waals surface area (Å²) < 4.78 is 2.21. The third-order valence-corrected chi connectivity index (χ3v) is 5.93. The number of hydrogen-bond acceptors (Lipinski definition) is 4. The van der Waals surface area contributed by atoms with Crippen LogP contribution in [0.1, 0.15) is 55.2 Å². The molecule has 0 unspecified atom stereocenters. The quantitative estimate of drug-likeness (QED) is 0.482. The Balaban J connectivity index is 2.00. The van der Waals surface area contributed by atoms with Crippen molar-refractivity contribution in [1.82, 2.24) is 14.5 Å². The average molecular weight is 425 g/mol. The van der Waals surface area contributed by atoms with Crippen LogP contribution in [0.5, 0.6) is 0 Å². The van der Waals surface area contributed by atoms with Crippen molar-refractivity contribution in [2.45, 2.75) is 53.1 Å². The summed E-state index contributed by atoms with van der Waals surface area (Å²) in [5, 5.41) is 6.34. The van der Waals surface area contributed by atoms with Gasteiger partial charge in [0.05, 0.1) is 17.0 Å². The molecular formula is C24H32N4OS. The highest BCUT2D eigenvalue weighted by Gasteiger charge is 2.22. The Bertz CT molecular complexity index is 975. The summed E-state index contributed by atoms with van der Waals surface area (Å²) in [6.07, 6.45) is 2.08. The smallest absolute Gasteiger partial charge is 0.255 e. The molecule has 6 heteroatoms. The van der Waals surface area contributed by atoms with Gasteiger partial charge in [0.25, 0.3) is 5.91 Å². The summed E-state index contributed by atoms with van der Waals surface area (Å²) >= 11 is 1.60. The molecule has 0 aliphatic rings. The third kappa shape index (κ3) is 5.11. The SMILES string of the molecule is CCCCN(C)C(=O)c1cc(-c2csc(NC(C)C)n2)n(Cc2ccccc2)c1C. The van der Waals surface area contributed by atoms with Crippen molar-refractivity contribution in [2.75, 3.05) is 18.9 Å². The first kappa shape index (κ1) is 22.1. The number of hydrogen-bond donors (Lipinski definition) is 1. The lowest BCUT2D eigenvalue weighted by atomic mass is 10.2.